The Bertz CT molecular complexity index is 510. The van der Waals surface area contributed by atoms with E-state index < -0.39 is 16.3 Å². The fraction of sp³-hybridized carbons (Fsp3) is 0.533. The lowest BCUT2D eigenvalue weighted by atomic mass is 9.99. The average molecular weight is 310 g/mol. The highest BCUT2D eigenvalue weighted by molar-refractivity contribution is 7.84. The second kappa shape index (κ2) is 7.04. The molecular weight excluding hydrogens is 288 g/mol. The van der Waals surface area contributed by atoms with E-state index in [2.05, 4.69) is 10.6 Å². The van der Waals surface area contributed by atoms with Crippen molar-refractivity contribution in [2.75, 3.05) is 12.9 Å². The van der Waals surface area contributed by atoms with Crippen LogP contribution in [0.25, 0.3) is 0 Å². The van der Waals surface area contributed by atoms with E-state index in [1.165, 1.54) is 0 Å². The number of hydrogen-bond acceptors (Lipinski definition) is 3. The van der Waals surface area contributed by atoms with E-state index in [1.54, 1.807) is 18.4 Å². The quantitative estimate of drug-likeness (QED) is 0.772. The molecule has 2 rings (SSSR count). The highest BCUT2D eigenvalue weighted by atomic mass is 32.2. The van der Waals surface area contributed by atoms with Crippen molar-refractivity contribution in [3.8, 4) is 0 Å². The number of hydrogen-bond donors (Lipinski definition) is 3. The largest absolute Gasteiger partial charge is 0.394 e. The summed E-state index contributed by atoms with van der Waals surface area (Å²) in [4.78, 5) is 12.7. The molecule has 1 unspecified atom stereocenters. The molecule has 0 bridgehead atoms. The van der Waals surface area contributed by atoms with E-state index in [9.17, 15) is 14.1 Å². The SMILES string of the molecule is CS(=O)c1ccc(CNC(=O)NC2(CO)CCCC2)cc1. The van der Waals surface area contributed by atoms with Gasteiger partial charge in [0.05, 0.1) is 12.1 Å². The lowest BCUT2D eigenvalue weighted by molar-refractivity contribution is 0.163. The smallest absolute Gasteiger partial charge is 0.315 e. The van der Waals surface area contributed by atoms with Crippen LogP contribution in [0.3, 0.4) is 0 Å². The van der Waals surface area contributed by atoms with Crippen molar-refractivity contribution in [2.45, 2.75) is 42.7 Å². The van der Waals surface area contributed by atoms with Gasteiger partial charge in [0.25, 0.3) is 0 Å². The fourth-order valence-corrected chi connectivity index (χ4v) is 3.16. The highest BCUT2D eigenvalue weighted by Gasteiger charge is 2.34. The zero-order valence-electron chi connectivity index (χ0n) is 12.2. The average Bonchev–Trinajstić information content (AvgIpc) is 2.94. The number of carbonyl (C=O) groups is 1. The molecule has 0 heterocycles. The summed E-state index contributed by atoms with van der Waals surface area (Å²) in [5, 5.41) is 15.2. The molecule has 116 valence electrons. The first-order valence-electron chi connectivity index (χ1n) is 7.14. The van der Waals surface area contributed by atoms with Gasteiger partial charge in [0.2, 0.25) is 0 Å². The zero-order valence-corrected chi connectivity index (χ0v) is 13.0. The summed E-state index contributed by atoms with van der Waals surface area (Å²) in [6.45, 7) is 0.390. The van der Waals surface area contributed by atoms with Gasteiger partial charge in [0.1, 0.15) is 0 Å². The van der Waals surface area contributed by atoms with Crippen molar-refractivity contribution in [3.63, 3.8) is 0 Å². The molecule has 0 aliphatic heterocycles. The molecule has 1 fully saturated rings. The van der Waals surface area contributed by atoms with Gasteiger partial charge in [-0.05, 0) is 30.5 Å². The number of rotatable bonds is 5. The second-order valence-corrected chi connectivity index (χ2v) is 6.93. The molecule has 21 heavy (non-hydrogen) atoms. The summed E-state index contributed by atoms with van der Waals surface area (Å²) in [6, 6.07) is 7.06. The van der Waals surface area contributed by atoms with Gasteiger partial charge in [-0.2, -0.15) is 0 Å². The molecule has 3 N–H and O–H groups in total. The number of nitrogens with one attached hydrogen (secondary N) is 2. The van der Waals surface area contributed by atoms with E-state index >= 15 is 0 Å². The molecule has 0 saturated heterocycles. The molecule has 2 amide bonds. The first kappa shape index (κ1) is 16.0. The predicted octanol–water partition coefficient (Wildman–Crippen LogP) is 1.53. The van der Waals surface area contributed by atoms with E-state index in [0.717, 1.165) is 36.1 Å². The molecule has 1 saturated carbocycles. The molecule has 0 radical (unpaired) electrons. The number of urea groups is 1. The Hall–Kier alpha value is -1.40. The van der Waals surface area contributed by atoms with Crippen LogP contribution >= 0.6 is 0 Å². The van der Waals surface area contributed by atoms with Gasteiger partial charge in [-0.25, -0.2) is 4.79 Å². The Morgan fingerprint density at radius 2 is 1.90 bits per heavy atom. The van der Waals surface area contributed by atoms with Crippen LogP contribution in [0.1, 0.15) is 31.2 Å². The minimum atomic E-state index is -0.988. The molecule has 1 aromatic carbocycles. The maximum absolute atomic E-state index is 11.9. The lowest BCUT2D eigenvalue weighted by Gasteiger charge is -2.28. The normalized spacial score (nSPS) is 18.2. The fourth-order valence-electron chi connectivity index (χ4n) is 2.64. The highest BCUT2D eigenvalue weighted by Crippen LogP contribution is 2.28. The van der Waals surface area contributed by atoms with Crippen molar-refractivity contribution in [2.24, 2.45) is 0 Å². The van der Waals surface area contributed by atoms with Gasteiger partial charge >= 0.3 is 6.03 Å². The Kier molecular flexibility index (Phi) is 5.36. The number of aliphatic hydroxyl groups is 1. The third-order valence-electron chi connectivity index (χ3n) is 3.95. The standard InChI is InChI=1S/C15H22N2O3S/c1-21(20)13-6-4-12(5-7-13)10-16-14(19)17-15(11-18)8-2-3-9-15/h4-7,18H,2-3,8-11H2,1H3,(H2,16,17,19). The van der Waals surface area contributed by atoms with E-state index in [1.807, 2.05) is 12.1 Å². The third-order valence-corrected chi connectivity index (χ3v) is 4.89. The maximum Gasteiger partial charge on any atom is 0.315 e. The molecule has 0 aromatic heterocycles. The molecule has 1 aliphatic rings. The molecule has 5 nitrogen and oxygen atoms in total. The Labute approximate surface area is 127 Å². The van der Waals surface area contributed by atoms with Gasteiger partial charge in [-0.15, -0.1) is 0 Å². The van der Waals surface area contributed by atoms with Crippen LogP contribution < -0.4 is 10.6 Å². The lowest BCUT2D eigenvalue weighted by Crippen LogP contribution is -2.52. The summed E-state index contributed by atoms with van der Waals surface area (Å²) in [6.07, 6.45) is 5.37. The molecule has 1 aromatic rings. The molecule has 1 aliphatic carbocycles. The van der Waals surface area contributed by atoms with Gasteiger partial charge in [-0.1, -0.05) is 25.0 Å². The Morgan fingerprint density at radius 1 is 1.29 bits per heavy atom. The van der Waals surface area contributed by atoms with Crippen LogP contribution in [0.4, 0.5) is 4.79 Å². The first-order valence-corrected chi connectivity index (χ1v) is 8.70. The zero-order chi connectivity index (χ0) is 15.3. The summed E-state index contributed by atoms with van der Waals surface area (Å²) in [5.41, 5.74) is 0.497. The summed E-state index contributed by atoms with van der Waals surface area (Å²) in [5.74, 6) is 0. The van der Waals surface area contributed by atoms with Crippen LogP contribution in [0.2, 0.25) is 0 Å². The van der Waals surface area contributed by atoms with Crippen molar-refractivity contribution in [3.05, 3.63) is 29.8 Å². The summed E-state index contributed by atoms with van der Waals surface area (Å²) < 4.78 is 11.3. The van der Waals surface area contributed by atoms with Crippen LogP contribution in [0.5, 0.6) is 0 Å². The number of carbonyl (C=O) groups excluding carboxylic acids is 1. The van der Waals surface area contributed by atoms with Crippen LogP contribution in [0, 0.1) is 0 Å². The number of amides is 2. The topological polar surface area (TPSA) is 78.4 Å². The maximum atomic E-state index is 11.9. The van der Waals surface area contributed by atoms with Crippen LogP contribution in [-0.4, -0.2) is 33.7 Å². The van der Waals surface area contributed by atoms with E-state index in [4.69, 9.17) is 0 Å². The second-order valence-electron chi connectivity index (χ2n) is 5.55. The minimum Gasteiger partial charge on any atom is -0.394 e. The Balaban J connectivity index is 1.84. The van der Waals surface area contributed by atoms with Crippen LogP contribution in [0.15, 0.2) is 29.2 Å². The number of aliphatic hydroxyl groups excluding tert-OH is 1. The summed E-state index contributed by atoms with van der Waals surface area (Å²) >= 11 is 0. The molecular formula is C15H22N2O3S. The number of benzene rings is 1. The van der Waals surface area contributed by atoms with Crippen molar-refractivity contribution < 1.29 is 14.1 Å². The van der Waals surface area contributed by atoms with Crippen molar-refractivity contribution in [1.82, 2.24) is 10.6 Å². The van der Waals surface area contributed by atoms with Gasteiger partial charge in [-0.3, -0.25) is 4.21 Å². The first-order chi connectivity index (χ1) is 10.0. The Morgan fingerprint density at radius 3 is 2.43 bits per heavy atom. The van der Waals surface area contributed by atoms with Gasteiger partial charge < -0.3 is 15.7 Å². The van der Waals surface area contributed by atoms with Crippen molar-refractivity contribution in [1.29, 1.82) is 0 Å². The minimum absolute atomic E-state index is 0.0164. The molecule has 0 spiro atoms. The van der Waals surface area contributed by atoms with Gasteiger partial charge in [0, 0.05) is 28.5 Å². The van der Waals surface area contributed by atoms with E-state index in [0.29, 0.717) is 6.54 Å². The van der Waals surface area contributed by atoms with Gasteiger partial charge in [0.15, 0.2) is 0 Å². The summed E-state index contributed by atoms with van der Waals surface area (Å²) in [7, 11) is -0.988. The third kappa shape index (κ3) is 4.28. The van der Waals surface area contributed by atoms with Crippen LogP contribution in [-0.2, 0) is 17.3 Å². The molecule has 6 heteroatoms. The van der Waals surface area contributed by atoms with E-state index in [-0.39, 0.29) is 12.6 Å². The monoisotopic (exact) mass is 310 g/mol. The molecule has 1 atom stereocenters. The van der Waals surface area contributed by atoms with Crippen molar-refractivity contribution >= 4 is 16.8 Å². The predicted molar refractivity (Wildman–Crippen MR) is 82.4 cm³/mol.